The molecule has 0 unspecified atom stereocenters. The molecular weight excluding hydrogens is 217 g/mol. The highest BCUT2D eigenvalue weighted by molar-refractivity contribution is 6.23. The quantitative estimate of drug-likeness (QED) is 0.708. The normalized spacial score (nSPS) is 12.7. The van der Waals surface area contributed by atoms with Gasteiger partial charge in [-0.1, -0.05) is 30.3 Å². The third-order valence-electron chi connectivity index (χ3n) is 2.23. The zero-order valence-corrected chi connectivity index (χ0v) is 8.93. The first-order valence-corrected chi connectivity index (χ1v) is 4.71. The highest BCUT2D eigenvalue weighted by Gasteiger charge is 2.40. The Morgan fingerprint density at radius 1 is 1.25 bits per heavy atom. The van der Waals surface area contributed by atoms with Crippen molar-refractivity contribution in [3.05, 3.63) is 41.5 Å². The first-order chi connectivity index (χ1) is 7.38. The van der Waals surface area contributed by atoms with E-state index in [0.717, 1.165) is 0 Å². The minimum absolute atomic E-state index is 0.300. The van der Waals surface area contributed by atoms with Gasteiger partial charge in [0, 0.05) is 5.57 Å². The summed E-state index contributed by atoms with van der Waals surface area (Å²) in [5.74, 6) is -1.80. The van der Waals surface area contributed by atoms with Gasteiger partial charge in [0.25, 0.3) is 5.78 Å². The second-order valence-electron chi connectivity index (χ2n) is 3.34. The summed E-state index contributed by atoms with van der Waals surface area (Å²) in [5.41, 5.74) is 0.672. The average Bonchev–Trinajstić information content (AvgIpc) is 2.20. The van der Waals surface area contributed by atoms with Gasteiger partial charge in [-0.15, -0.1) is 0 Å². The van der Waals surface area contributed by atoms with Gasteiger partial charge in [0.1, 0.15) is 0 Å². The van der Waals surface area contributed by atoms with Crippen molar-refractivity contribution in [1.29, 1.82) is 0 Å². The largest absolute Gasteiger partial charge is 0.454 e. The number of halogens is 3. The molecule has 4 heteroatoms. The number of hydrogen-bond donors (Lipinski definition) is 0. The molecule has 0 aliphatic rings. The molecule has 0 saturated heterocycles. The molecule has 1 aromatic carbocycles. The van der Waals surface area contributed by atoms with Crippen molar-refractivity contribution in [2.24, 2.45) is 0 Å². The van der Waals surface area contributed by atoms with Crippen LogP contribution >= 0.6 is 0 Å². The van der Waals surface area contributed by atoms with E-state index in [1.807, 2.05) is 0 Å². The molecule has 1 rings (SSSR count). The fraction of sp³-hybridized carbons (Fsp3) is 0.250. The van der Waals surface area contributed by atoms with E-state index in [9.17, 15) is 18.0 Å². The predicted octanol–water partition coefficient (Wildman–Crippen LogP) is 3.53. The molecule has 0 spiro atoms. The Kier molecular flexibility index (Phi) is 3.52. The summed E-state index contributed by atoms with van der Waals surface area (Å²) in [6.45, 7) is 3.09. The Labute approximate surface area is 91.6 Å². The van der Waals surface area contributed by atoms with Gasteiger partial charge in [0.05, 0.1) is 0 Å². The minimum Gasteiger partial charge on any atom is -0.284 e. The summed E-state index contributed by atoms with van der Waals surface area (Å²) >= 11 is 0. The van der Waals surface area contributed by atoms with Crippen molar-refractivity contribution in [2.45, 2.75) is 20.0 Å². The maximum Gasteiger partial charge on any atom is 0.454 e. The van der Waals surface area contributed by atoms with Crippen LogP contribution in [0.3, 0.4) is 0 Å². The summed E-state index contributed by atoms with van der Waals surface area (Å²) < 4.78 is 36.9. The van der Waals surface area contributed by atoms with Gasteiger partial charge < -0.3 is 0 Å². The number of benzene rings is 1. The van der Waals surface area contributed by atoms with Crippen LogP contribution in [0.5, 0.6) is 0 Å². The molecular formula is C12H11F3O. The zero-order valence-electron chi connectivity index (χ0n) is 8.93. The molecule has 86 valence electrons. The van der Waals surface area contributed by atoms with Crippen molar-refractivity contribution in [3.63, 3.8) is 0 Å². The molecule has 1 nitrogen and oxygen atoms in total. The van der Waals surface area contributed by atoms with Crippen LogP contribution in [0.2, 0.25) is 0 Å². The smallest absolute Gasteiger partial charge is 0.284 e. The molecule has 0 aliphatic heterocycles. The van der Waals surface area contributed by atoms with Crippen LogP contribution in [0.15, 0.2) is 30.3 Å². The topological polar surface area (TPSA) is 17.1 Å². The third kappa shape index (κ3) is 2.51. The van der Waals surface area contributed by atoms with Crippen LogP contribution < -0.4 is 0 Å². The highest BCUT2D eigenvalue weighted by Crippen LogP contribution is 2.28. The minimum atomic E-state index is -4.83. The third-order valence-corrected chi connectivity index (χ3v) is 2.23. The number of aryl methyl sites for hydroxylation is 1. The number of rotatable bonds is 2. The van der Waals surface area contributed by atoms with Gasteiger partial charge in [-0.05, 0) is 25.0 Å². The molecule has 0 saturated carbocycles. The second kappa shape index (κ2) is 4.51. The molecule has 1 aromatic rings. The molecule has 0 N–H and O–H groups in total. The summed E-state index contributed by atoms with van der Waals surface area (Å²) in [5, 5.41) is 0. The number of carbonyl (C=O) groups excluding carboxylic acids is 1. The molecule has 0 radical (unpaired) electrons. The Morgan fingerprint density at radius 2 is 1.81 bits per heavy atom. The lowest BCUT2D eigenvalue weighted by atomic mass is 9.97. The fourth-order valence-corrected chi connectivity index (χ4v) is 1.44. The molecule has 0 heterocycles. The van der Waals surface area contributed by atoms with Gasteiger partial charge in [-0.25, -0.2) is 0 Å². The number of carbonyl (C=O) groups is 1. The number of Topliss-reactive ketones (excluding diaryl/α,β-unsaturated/α-hetero) is 1. The Balaban J connectivity index is 3.21. The van der Waals surface area contributed by atoms with E-state index in [2.05, 4.69) is 0 Å². The van der Waals surface area contributed by atoms with Crippen molar-refractivity contribution in [3.8, 4) is 0 Å². The monoisotopic (exact) mass is 228 g/mol. The van der Waals surface area contributed by atoms with Crippen LogP contribution in [0.25, 0.3) is 5.57 Å². The number of ketones is 1. The van der Waals surface area contributed by atoms with E-state index in [4.69, 9.17) is 0 Å². The Hall–Kier alpha value is -1.58. The molecule has 0 fully saturated rings. The summed E-state index contributed by atoms with van der Waals surface area (Å²) in [4.78, 5) is 11.2. The molecule has 16 heavy (non-hydrogen) atoms. The Bertz CT molecular complexity index is 430. The average molecular weight is 228 g/mol. The lowest BCUT2D eigenvalue weighted by molar-refractivity contribution is -0.164. The van der Waals surface area contributed by atoms with Crippen LogP contribution in [0.1, 0.15) is 18.1 Å². The maximum atomic E-state index is 12.3. The summed E-state index contributed by atoms with van der Waals surface area (Å²) in [7, 11) is 0. The van der Waals surface area contributed by atoms with Crippen molar-refractivity contribution in [2.75, 3.05) is 0 Å². The fourth-order valence-electron chi connectivity index (χ4n) is 1.44. The molecule has 0 aliphatic carbocycles. The van der Waals surface area contributed by atoms with Crippen LogP contribution in [0, 0.1) is 6.92 Å². The van der Waals surface area contributed by atoms with Gasteiger partial charge in [-0.3, -0.25) is 4.79 Å². The zero-order chi connectivity index (χ0) is 12.3. The van der Waals surface area contributed by atoms with Gasteiger partial charge in [0.15, 0.2) is 0 Å². The van der Waals surface area contributed by atoms with Gasteiger partial charge >= 0.3 is 6.18 Å². The van der Waals surface area contributed by atoms with E-state index < -0.39 is 12.0 Å². The molecule has 0 aromatic heterocycles. The Morgan fingerprint density at radius 3 is 2.25 bits per heavy atom. The lowest BCUT2D eigenvalue weighted by Crippen LogP contribution is -2.24. The van der Waals surface area contributed by atoms with E-state index in [1.165, 1.54) is 19.1 Å². The molecule has 0 atom stereocenters. The standard InChI is InChI=1S/C12H11F3O/c1-3-9(11(16)12(13,14)15)10-7-5-4-6-8(10)2/h3-7H,1-2H3/b9-3+. The van der Waals surface area contributed by atoms with Crippen LogP contribution in [-0.2, 0) is 4.79 Å². The van der Waals surface area contributed by atoms with Gasteiger partial charge in [-0.2, -0.15) is 13.2 Å². The van der Waals surface area contributed by atoms with Gasteiger partial charge in [0.2, 0.25) is 0 Å². The van der Waals surface area contributed by atoms with Crippen LogP contribution in [0.4, 0.5) is 13.2 Å². The highest BCUT2D eigenvalue weighted by atomic mass is 19.4. The first-order valence-electron chi connectivity index (χ1n) is 4.71. The van der Waals surface area contributed by atoms with E-state index in [-0.39, 0.29) is 5.57 Å². The van der Waals surface area contributed by atoms with Crippen molar-refractivity contribution in [1.82, 2.24) is 0 Å². The number of alkyl halides is 3. The lowest BCUT2D eigenvalue weighted by Gasteiger charge is -2.11. The number of hydrogen-bond acceptors (Lipinski definition) is 1. The second-order valence-corrected chi connectivity index (χ2v) is 3.34. The van der Waals surface area contributed by atoms with Crippen LogP contribution in [-0.4, -0.2) is 12.0 Å². The maximum absolute atomic E-state index is 12.3. The molecule has 0 bridgehead atoms. The number of allylic oxidation sites excluding steroid dienone is 2. The summed E-state index contributed by atoms with van der Waals surface area (Å²) in [6.07, 6.45) is -3.64. The molecule has 0 amide bonds. The van der Waals surface area contributed by atoms with E-state index >= 15 is 0 Å². The van der Waals surface area contributed by atoms with E-state index in [0.29, 0.717) is 11.1 Å². The predicted molar refractivity (Wildman–Crippen MR) is 55.9 cm³/mol. The summed E-state index contributed by atoms with van der Waals surface area (Å²) in [6, 6.07) is 6.50. The van der Waals surface area contributed by atoms with Crippen molar-refractivity contribution >= 4 is 11.4 Å². The van der Waals surface area contributed by atoms with Crippen molar-refractivity contribution < 1.29 is 18.0 Å². The SMILES string of the molecule is C/C=C(/C(=O)C(F)(F)F)c1ccccc1C. The van der Waals surface area contributed by atoms with E-state index in [1.54, 1.807) is 25.1 Å². The first kappa shape index (κ1) is 12.5.